The normalized spacial score (nSPS) is 19.9. The van der Waals surface area contributed by atoms with E-state index in [4.69, 9.17) is 0 Å². The summed E-state index contributed by atoms with van der Waals surface area (Å²) in [5.74, 6) is 0. The Balaban J connectivity index is 2.44. The van der Waals surface area contributed by atoms with Crippen LogP contribution in [0.25, 0.3) is 0 Å². The molecule has 0 amide bonds. The molecule has 54 valence electrons. The van der Waals surface area contributed by atoms with Gasteiger partial charge >= 0.3 is 76.9 Å². The molecule has 1 aliphatic rings. The van der Waals surface area contributed by atoms with Crippen LogP contribution in [0.1, 0.15) is 0 Å². The summed E-state index contributed by atoms with van der Waals surface area (Å²) in [6.45, 7) is 1.77. The maximum absolute atomic E-state index is 4.20. The molecular formula is C6H8N2SW. The van der Waals surface area contributed by atoms with Crippen LogP contribution in [0.15, 0.2) is 16.8 Å². The third-order valence-electron chi connectivity index (χ3n) is 1.18. The topological polar surface area (TPSA) is 15.6 Å². The number of thiol groups is 1. The van der Waals surface area contributed by atoms with Crippen molar-refractivity contribution in [3.05, 3.63) is 11.8 Å². The van der Waals surface area contributed by atoms with Crippen LogP contribution >= 0.6 is 12.8 Å². The van der Waals surface area contributed by atoms with Gasteiger partial charge in [-0.15, -0.1) is 0 Å². The van der Waals surface area contributed by atoms with E-state index >= 15 is 0 Å². The summed E-state index contributed by atoms with van der Waals surface area (Å²) in [4.78, 5) is 4.20. The van der Waals surface area contributed by atoms with Crippen LogP contribution in [0.5, 0.6) is 0 Å². The van der Waals surface area contributed by atoms with E-state index in [0.29, 0.717) is 0 Å². The van der Waals surface area contributed by atoms with Crippen LogP contribution < -0.4 is 0 Å². The molecule has 0 bridgehead atoms. The first kappa shape index (κ1) is 8.38. The molecule has 0 spiro atoms. The van der Waals surface area contributed by atoms with Crippen LogP contribution in [0, 0.1) is 0 Å². The van der Waals surface area contributed by atoms with Gasteiger partial charge < -0.3 is 0 Å². The van der Waals surface area contributed by atoms with Crippen molar-refractivity contribution >= 4 is 23.4 Å². The minimum atomic E-state index is 0.864. The second-order valence-electron chi connectivity index (χ2n) is 1.96. The van der Waals surface area contributed by atoms with E-state index in [1.807, 2.05) is 14.9 Å². The van der Waals surface area contributed by atoms with Gasteiger partial charge in [-0.3, -0.25) is 0 Å². The van der Waals surface area contributed by atoms with Gasteiger partial charge in [0, 0.05) is 0 Å². The second-order valence-corrected chi connectivity index (χ2v) is 3.50. The quantitative estimate of drug-likeness (QED) is 0.576. The molecule has 0 atom stereocenters. The van der Waals surface area contributed by atoms with E-state index in [0.717, 1.165) is 18.8 Å². The molecule has 1 rings (SSSR count). The van der Waals surface area contributed by atoms with Gasteiger partial charge in [0.2, 0.25) is 0 Å². The Morgan fingerprint density at radius 2 is 2.60 bits per heavy atom. The number of aliphatic imine (C=N–C) groups is 1. The zero-order valence-electron chi connectivity index (χ0n) is 5.40. The fraction of sp³-hybridized carbons (Fsp3) is 0.333. The van der Waals surface area contributed by atoms with Gasteiger partial charge in [0.1, 0.15) is 0 Å². The molecule has 0 aromatic rings. The summed E-state index contributed by atoms with van der Waals surface area (Å²) in [5, 5.41) is 0. The van der Waals surface area contributed by atoms with E-state index in [2.05, 4.69) is 23.9 Å². The SMILES string of the molecule is SN1CC=C(N=C[CH]=[W])C1. The van der Waals surface area contributed by atoms with Crippen LogP contribution in [0.3, 0.4) is 0 Å². The van der Waals surface area contributed by atoms with Crippen molar-refractivity contribution < 1.29 is 19.4 Å². The fourth-order valence-electron chi connectivity index (χ4n) is 0.747. The molecule has 0 aromatic heterocycles. The summed E-state index contributed by atoms with van der Waals surface area (Å²) >= 11 is 5.61. The summed E-state index contributed by atoms with van der Waals surface area (Å²) in [6, 6.07) is 0. The van der Waals surface area contributed by atoms with Gasteiger partial charge in [-0.2, -0.15) is 0 Å². The average Bonchev–Trinajstić information content (AvgIpc) is 2.31. The number of hydrogen-bond donors (Lipinski definition) is 1. The molecule has 0 N–H and O–H groups in total. The van der Waals surface area contributed by atoms with Gasteiger partial charge in [-0.05, 0) is 0 Å². The first-order valence-corrected chi connectivity index (χ1v) is 5.03. The predicted molar refractivity (Wildman–Crippen MR) is 43.2 cm³/mol. The van der Waals surface area contributed by atoms with Crippen molar-refractivity contribution in [1.82, 2.24) is 4.31 Å². The van der Waals surface area contributed by atoms with Crippen LogP contribution in [0.2, 0.25) is 0 Å². The van der Waals surface area contributed by atoms with Crippen molar-refractivity contribution in [2.45, 2.75) is 0 Å². The van der Waals surface area contributed by atoms with Crippen molar-refractivity contribution in [2.24, 2.45) is 4.99 Å². The zero-order chi connectivity index (χ0) is 7.40. The molecule has 0 unspecified atom stereocenters. The Hall–Kier alpha value is 0.278. The fourth-order valence-corrected chi connectivity index (χ4v) is 1.19. The molecule has 1 aliphatic heterocycles. The van der Waals surface area contributed by atoms with E-state index < -0.39 is 0 Å². The van der Waals surface area contributed by atoms with E-state index in [-0.39, 0.29) is 0 Å². The molecule has 10 heavy (non-hydrogen) atoms. The maximum atomic E-state index is 4.20. The third kappa shape index (κ3) is 2.49. The van der Waals surface area contributed by atoms with Crippen molar-refractivity contribution in [2.75, 3.05) is 13.1 Å². The van der Waals surface area contributed by atoms with Crippen LogP contribution in [-0.4, -0.2) is 28.0 Å². The summed E-state index contributed by atoms with van der Waals surface area (Å²) in [6.07, 6.45) is 3.93. The summed E-state index contributed by atoms with van der Waals surface area (Å²) in [5.41, 5.74) is 1.12. The predicted octanol–water partition coefficient (Wildman–Crippen LogP) is 0.451. The standard InChI is InChI=1S/C6H8N2S.W/c1-2-7-6-3-4-8(9)5-6;/h1-3,9H,4-5H2;. The van der Waals surface area contributed by atoms with Gasteiger partial charge in [0.05, 0.1) is 0 Å². The minimum absolute atomic E-state index is 0.864. The monoisotopic (exact) mass is 324 g/mol. The Labute approximate surface area is 77.0 Å². The van der Waals surface area contributed by atoms with Crippen molar-refractivity contribution in [3.63, 3.8) is 0 Å². The first-order valence-electron chi connectivity index (χ1n) is 2.93. The Bertz CT molecular complexity index is 188. The molecule has 1 heterocycles. The van der Waals surface area contributed by atoms with Gasteiger partial charge in [-0.25, -0.2) is 0 Å². The van der Waals surface area contributed by atoms with Gasteiger partial charge in [0.15, 0.2) is 0 Å². The molecular weight excluding hydrogens is 316 g/mol. The molecule has 4 heteroatoms. The zero-order valence-corrected chi connectivity index (χ0v) is 9.22. The van der Waals surface area contributed by atoms with Crippen molar-refractivity contribution in [1.29, 1.82) is 0 Å². The van der Waals surface area contributed by atoms with E-state index in [9.17, 15) is 0 Å². The Kier molecular flexibility index (Phi) is 3.53. The molecule has 0 saturated heterocycles. The number of hydrogen-bond acceptors (Lipinski definition) is 3. The van der Waals surface area contributed by atoms with Crippen LogP contribution in [0.4, 0.5) is 0 Å². The summed E-state index contributed by atoms with van der Waals surface area (Å²) < 4.78 is 3.93. The Morgan fingerprint density at radius 3 is 3.10 bits per heavy atom. The average molecular weight is 324 g/mol. The molecule has 0 aromatic carbocycles. The Morgan fingerprint density at radius 1 is 1.80 bits per heavy atom. The molecule has 0 fully saturated rings. The van der Waals surface area contributed by atoms with Crippen LogP contribution in [-0.2, 0) is 19.4 Å². The molecule has 0 saturated carbocycles. The number of rotatable bonds is 2. The second kappa shape index (κ2) is 4.22. The molecule has 0 radical (unpaired) electrons. The summed E-state index contributed by atoms with van der Waals surface area (Å²) in [7, 11) is 0. The van der Waals surface area contributed by atoms with Gasteiger partial charge in [-0.1, -0.05) is 0 Å². The number of nitrogens with zero attached hydrogens (tertiary/aromatic N) is 2. The molecule has 2 nitrogen and oxygen atoms in total. The molecule has 0 aliphatic carbocycles. The van der Waals surface area contributed by atoms with E-state index in [1.165, 1.54) is 19.4 Å². The van der Waals surface area contributed by atoms with Crippen molar-refractivity contribution in [3.8, 4) is 0 Å². The van der Waals surface area contributed by atoms with Gasteiger partial charge in [0.25, 0.3) is 0 Å². The third-order valence-corrected chi connectivity index (χ3v) is 1.93. The first-order chi connectivity index (χ1) is 4.83. The van der Waals surface area contributed by atoms with E-state index in [1.54, 1.807) is 0 Å².